The highest BCUT2D eigenvalue weighted by Crippen LogP contribution is 2.40. The van der Waals surface area contributed by atoms with Crippen LogP contribution in [0.15, 0.2) is 36.5 Å². The van der Waals surface area contributed by atoms with Crippen LogP contribution in [0.1, 0.15) is 47.0 Å². The fourth-order valence-electron chi connectivity index (χ4n) is 3.04. The number of ether oxygens (including phenoxy) is 3. The highest BCUT2D eigenvalue weighted by Gasteiger charge is 2.47. The molecule has 0 aromatic carbocycles. The van der Waals surface area contributed by atoms with Crippen LogP contribution in [0.4, 0.5) is 0 Å². The van der Waals surface area contributed by atoms with E-state index in [0.717, 1.165) is 5.57 Å². The number of allylic oxidation sites excluding steroid dienone is 2. The Morgan fingerprint density at radius 2 is 1.86 bits per heavy atom. The molecule has 0 spiro atoms. The lowest BCUT2D eigenvalue weighted by molar-refractivity contribution is -0.139. The molecule has 166 valence electrons. The van der Waals surface area contributed by atoms with E-state index in [0.29, 0.717) is 24.8 Å². The van der Waals surface area contributed by atoms with Crippen molar-refractivity contribution in [1.29, 1.82) is 0 Å². The summed E-state index contributed by atoms with van der Waals surface area (Å²) in [5.41, 5.74) is 1.64. The zero-order valence-electron chi connectivity index (χ0n) is 19.5. The first kappa shape index (κ1) is 25.8. The number of cyclic esters (lactones) is 1. The van der Waals surface area contributed by atoms with Gasteiger partial charge in [0.05, 0.1) is 5.57 Å². The van der Waals surface area contributed by atoms with E-state index in [9.17, 15) is 4.79 Å². The number of carbonyl (C=O) groups is 1. The van der Waals surface area contributed by atoms with Crippen molar-refractivity contribution in [2.75, 3.05) is 14.2 Å². The summed E-state index contributed by atoms with van der Waals surface area (Å²) in [5.74, 6) is -0.164. The molecule has 1 saturated heterocycles. The minimum absolute atomic E-state index is 0.0346. The average molecular weight is 425 g/mol. The van der Waals surface area contributed by atoms with E-state index in [2.05, 4.69) is 47.0 Å². The number of hydrogen-bond donors (Lipinski definition) is 0. The van der Waals surface area contributed by atoms with Crippen LogP contribution < -0.4 is 0 Å². The molecular formula is C23H40O5Si. The summed E-state index contributed by atoms with van der Waals surface area (Å²) in [6.07, 6.45) is 4.64. The fraction of sp³-hybridized carbons (Fsp3) is 0.696. The monoisotopic (exact) mass is 424 g/mol. The molecule has 0 N–H and O–H groups in total. The smallest absolute Gasteiger partial charge is 0.336 e. The second-order valence-corrected chi connectivity index (χ2v) is 14.1. The fourth-order valence-corrected chi connectivity index (χ4v) is 4.31. The predicted molar refractivity (Wildman–Crippen MR) is 120 cm³/mol. The Kier molecular flexibility index (Phi) is 9.53. The molecule has 1 aliphatic heterocycles. The highest BCUT2D eigenvalue weighted by atomic mass is 28.4. The summed E-state index contributed by atoms with van der Waals surface area (Å²) in [4.78, 5) is 12.7. The van der Waals surface area contributed by atoms with Crippen molar-refractivity contribution in [3.8, 4) is 0 Å². The first-order valence-electron chi connectivity index (χ1n) is 10.3. The van der Waals surface area contributed by atoms with E-state index in [1.807, 2.05) is 13.0 Å². The van der Waals surface area contributed by atoms with Gasteiger partial charge in [-0.1, -0.05) is 45.1 Å². The summed E-state index contributed by atoms with van der Waals surface area (Å²) in [5, 5.41) is 0.0346. The van der Waals surface area contributed by atoms with E-state index in [1.54, 1.807) is 20.3 Å². The maximum absolute atomic E-state index is 12.7. The molecule has 0 radical (unpaired) electrons. The lowest BCUT2D eigenvalue weighted by atomic mass is 9.92. The number of esters is 1. The van der Waals surface area contributed by atoms with Crippen molar-refractivity contribution in [3.05, 3.63) is 36.5 Å². The van der Waals surface area contributed by atoms with Crippen LogP contribution in [-0.2, 0) is 23.4 Å². The van der Waals surface area contributed by atoms with E-state index < -0.39 is 8.32 Å². The second-order valence-electron chi connectivity index (χ2n) is 9.34. The standard InChI is InChI=1S/C23H40O5Si/c1-11-12-19-21(28-29(9,10)23(4,5)6)18(22(24)27-19)14-13-17(16(2)3)15-20(25-7)26-8/h11,14,17,19-21H,1-2,12-13,15H2,3-10H3/b18-14-/t17-,19+,21-/m1/s1. The van der Waals surface area contributed by atoms with Gasteiger partial charge in [0.25, 0.3) is 0 Å². The molecule has 1 heterocycles. The van der Waals surface area contributed by atoms with Gasteiger partial charge in [-0.25, -0.2) is 4.79 Å². The molecule has 1 rings (SSSR count). The first-order chi connectivity index (χ1) is 13.4. The Balaban J connectivity index is 3.13. The Morgan fingerprint density at radius 1 is 1.28 bits per heavy atom. The van der Waals surface area contributed by atoms with E-state index in [-0.39, 0.29) is 35.4 Å². The second kappa shape index (κ2) is 10.7. The molecule has 0 amide bonds. The van der Waals surface area contributed by atoms with Crippen molar-refractivity contribution in [1.82, 2.24) is 0 Å². The van der Waals surface area contributed by atoms with Crippen LogP contribution in [0.2, 0.25) is 18.1 Å². The van der Waals surface area contributed by atoms with E-state index in [4.69, 9.17) is 18.6 Å². The zero-order chi connectivity index (χ0) is 22.4. The zero-order valence-corrected chi connectivity index (χ0v) is 20.5. The van der Waals surface area contributed by atoms with Crippen molar-refractivity contribution in [2.45, 2.75) is 83.6 Å². The summed E-state index contributed by atoms with van der Waals surface area (Å²) in [6.45, 7) is 20.9. The minimum Gasteiger partial charge on any atom is -0.456 e. The molecule has 0 aliphatic carbocycles. The lowest BCUT2D eigenvalue weighted by Crippen LogP contribution is -2.46. The van der Waals surface area contributed by atoms with Crippen LogP contribution >= 0.6 is 0 Å². The van der Waals surface area contributed by atoms with Gasteiger partial charge in [-0.05, 0) is 37.4 Å². The van der Waals surface area contributed by atoms with Gasteiger partial charge in [0, 0.05) is 27.1 Å². The molecule has 3 atom stereocenters. The van der Waals surface area contributed by atoms with Gasteiger partial charge in [-0.2, -0.15) is 0 Å². The van der Waals surface area contributed by atoms with Gasteiger partial charge in [-0.3, -0.25) is 0 Å². The normalized spacial score (nSPS) is 22.8. The lowest BCUT2D eigenvalue weighted by Gasteiger charge is -2.39. The first-order valence-corrected chi connectivity index (χ1v) is 13.2. The van der Waals surface area contributed by atoms with Crippen molar-refractivity contribution >= 4 is 14.3 Å². The van der Waals surface area contributed by atoms with Crippen LogP contribution in [0.3, 0.4) is 0 Å². The third-order valence-corrected chi connectivity index (χ3v) is 10.5. The topological polar surface area (TPSA) is 54.0 Å². The van der Waals surface area contributed by atoms with Crippen molar-refractivity contribution in [2.24, 2.45) is 5.92 Å². The number of carbonyl (C=O) groups excluding carboxylic acids is 1. The Morgan fingerprint density at radius 3 is 2.31 bits per heavy atom. The quantitative estimate of drug-likeness (QED) is 0.146. The molecule has 6 heteroatoms. The molecule has 0 aromatic heterocycles. The number of rotatable bonds is 11. The van der Waals surface area contributed by atoms with Gasteiger partial charge < -0.3 is 18.6 Å². The molecule has 1 aliphatic rings. The molecule has 0 bridgehead atoms. The molecule has 1 fully saturated rings. The number of hydrogen-bond acceptors (Lipinski definition) is 5. The predicted octanol–water partition coefficient (Wildman–Crippen LogP) is 5.40. The van der Waals surface area contributed by atoms with Crippen LogP contribution in [-0.4, -0.2) is 47.0 Å². The summed E-state index contributed by atoms with van der Waals surface area (Å²) < 4.78 is 23.0. The maximum atomic E-state index is 12.7. The van der Waals surface area contributed by atoms with Gasteiger partial charge in [0.15, 0.2) is 14.6 Å². The Hall–Kier alpha value is -1.21. The van der Waals surface area contributed by atoms with Crippen LogP contribution in [0, 0.1) is 5.92 Å². The van der Waals surface area contributed by atoms with Gasteiger partial charge >= 0.3 is 5.97 Å². The SMILES string of the molecule is C=CC[C@@H]1OC(=O)/C(=C\C[C@H](CC(OC)OC)C(=C)C)[C@H]1O[Si](C)(C)C(C)(C)C. The highest BCUT2D eigenvalue weighted by molar-refractivity contribution is 6.74. The molecule has 0 aromatic rings. The Labute approximate surface area is 178 Å². The summed E-state index contributed by atoms with van der Waals surface area (Å²) >= 11 is 0. The molecule has 29 heavy (non-hydrogen) atoms. The van der Waals surface area contributed by atoms with Crippen LogP contribution in [0.25, 0.3) is 0 Å². The van der Waals surface area contributed by atoms with Crippen LogP contribution in [0.5, 0.6) is 0 Å². The minimum atomic E-state index is -2.09. The Bertz CT molecular complexity index is 613. The summed E-state index contributed by atoms with van der Waals surface area (Å²) in [6, 6.07) is 0. The largest absolute Gasteiger partial charge is 0.456 e. The maximum Gasteiger partial charge on any atom is 0.336 e. The van der Waals surface area contributed by atoms with Gasteiger partial charge in [-0.15, -0.1) is 6.58 Å². The van der Waals surface area contributed by atoms with Crippen molar-refractivity contribution in [3.63, 3.8) is 0 Å². The average Bonchev–Trinajstić information content (AvgIpc) is 2.89. The molecule has 0 saturated carbocycles. The third kappa shape index (κ3) is 6.91. The molecule has 5 nitrogen and oxygen atoms in total. The van der Waals surface area contributed by atoms with E-state index >= 15 is 0 Å². The number of methoxy groups -OCH3 is 2. The van der Waals surface area contributed by atoms with E-state index in [1.165, 1.54) is 0 Å². The molecular weight excluding hydrogens is 384 g/mol. The van der Waals surface area contributed by atoms with Crippen molar-refractivity contribution < 1.29 is 23.4 Å². The molecule has 0 unspecified atom stereocenters. The third-order valence-electron chi connectivity index (χ3n) is 6.09. The van der Waals surface area contributed by atoms with Gasteiger partial charge in [0.1, 0.15) is 12.2 Å². The summed E-state index contributed by atoms with van der Waals surface area (Å²) in [7, 11) is 1.16. The van der Waals surface area contributed by atoms with Gasteiger partial charge in [0.2, 0.25) is 0 Å².